The summed E-state index contributed by atoms with van der Waals surface area (Å²) in [5.74, 6) is 0. The number of aromatic nitrogens is 4. The van der Waals surface area contributed by atoms with Crippen molar-refractivity contribution in [3.05, 3.63) is 30.7 Å². The molecule has 0 aliphatic heterocycles. The van der Waals surface area contributed by atoms with Crippen LogP contribution in [-0.2, 0) is 17.1 Å². The van der Waals surface area contributed by atoms with E-state index in [9.17, 15) is 8.42 Å². The van der Waals surface area contributed by atoms with E-state index in [1.165, 1.54) is 15.2 Å². The van der Waals surface area contributed by atoms with E-state index in [1.807, 2.05) is 0 Å². The number of nitrogens with zero attached hydrogens (tertiary/aromatic N) is 5. The van der Waals surface area contributed by atoms with Gasteiger partial charge in [-0.3, -0.25) is 9.29 Å². The van der Waals surface area contributed by atoms with Gasteiger partial charge in [0.1, 0.15) is 0 Å². The number of aryl methyl sites for hydroxylation is 1. The summed E-state index contributed by atoms with van der Waals surface area (Å²) in [4.78, 5) is 3.87. The quantitative estimate of drug-likeness (QED) is 0.802. The molecule has 0 aliphatic rings. The van der Waals surface area contributed by atoms with Crippen molar-refractivity contribution in [2.45, 2.75) is 11.9 Å². The van der Waals surface area contributed by atoms with E-state index in [4.69, 9.17) is 0 Å². The number of anilines is 1. The van der Waals surface area contributed by atoms with Gasteiger partial charge in [-0.05, 0) is 19.1 Å². The Morgan fingerprint density at radius 3 is 2.50 bits per heavy atom. The van der Waals surface area contributed by atoms with Crippen molar-refractivity contribution in [3.63, 3.8) is 0 Å². The lowest BCUT2D eigenvalue weighted by Crippen LogP contribution is -2.32. The fourth-order valence-corrected chi connectivity index (χ4v) is 3.14. The van der Waals surface area contributed by atoms with Gasteiger partial charge >= 0.3 is 0 Å². The van der Waals surface area contributed by atoms with E-state index in [2.05, 4.69) is 15.3 Å². The van der Waals surface area contributed by atoms with Gasteiger partial charge in [0.25, 0.3) is 10.0 Å². The summed E-state index contributed by atoms with van der Waals surface area (Å²) in [6.07, 6.45) is 4.34. The standard InChI is InChI=1S/C10H13N5O2S/c1-3-15(9-4-6-11-7-5-9)18(16,17)10-8-12-13-14(10)2/h4-8H,3H2,1-2H3. The van der Waals surface area contributed by atoms with Crippen molar-refractivity contribution in [1.82, 2.24) is 20.0 Å². The lowest BCUT2D eigenvalue weighted by atomic mass is 10.4. The first kappa shape index (κ1) is 12.5. The van der Waals surface area contributed by atoms with E-state index >= 15 is 0 Å². The van der Waals surface area contributed by atoms with Crippen molar-refractivity contribution in [3.8, 4) is 0 Å². The van der Waals surface area contributed by atoms with E-state index < -0.39 is 10.0 Å². The first-order valence-electron chi connectivity index (χ1n) is 5.35. The average Bonchev–Trinajstić information content (AvgIpc) is 2.78. The Kier molecular flexibility index (Phi) is 3.28. The molecule has 7 nitrogen and oxygen atoms in total. The van der Waals surface area contributed by atoms with Gasteiger partial charge in [-0.25, -0.2) is 4.68 Å². The lowest BCUT2D eigenvalue weighted by Gasteiger charge is -2.21. The highest BCUT2D eigenvalue weighted by Crippen LogP contribution is 2.21. The van der Waals surface area contributed by atoms with Crippen LogP contribution < -0.4 is 4.31 Å². The number of rotatable bonds is 4. The highest BCUT2D eigenvalue weighted by molar-refractivity contribution is 7.92. The van der Waals surface area contributed by atoms with Crippen molar-refractivity contribution in [2.24, 2.45) is 7.05 Å². The molecule has 0 spiro atoms. The van der Waals surface area contributed by atoms with Crippen LogP contribution in [0, 0.1) is 0 Å². The zero-order valence-corrected chi connectivity index (χ0v) is 10.9. The molecule has 0 amide bonds. The lowest BCUT2D eigenvalue weighted by molar-refractivity contribution is 0.570. The van der Waals surface area contributed by atoms with Crippen LogP contribution in [0.25, 0.3) is 0 Å². The third kappa shape index (κ3) is 2.06. The Morgan fingerprint density at radius 1 is 1.33 bits per heavy atom. The molecule has 18 heavy (non-hydrogen) atoms. The van der Waals surface area contributed by atoms with Crippen LogP contribution in [0.3, 0.4) is 0 Å². The zero-order valence-electron chi connectivity index (χ0n) is 10.1. The predicted octanol–water partition coefficient (Wildman–Crippen LogP) is 0.425. The molecule has 0 saturated carbocycles. The Labute approximate surface area is 105 Å². The highest BCUT2D eigenvalue weighted by Gasteiger charge is 2.26. The van der Waals surface area contributed by atoms with Crippen molar-refractivity contribution in [2.75, 3.05) is 10.8 Å². The fourth-order valence-electron chi connectivity index (χ4n) is 1.63. The summed E-state index contributed by atoms with van der Waals surface area (Å²) in [7, 11) is -2.11. The Balaban J connectivity index is 2.49. The van der Waals surface area contributed by atoms with Crippen LogP contribution in [-0.4, -0.2) is 34.9 Å². The van der Waals surface area contributed by atoms with Gasteiger partial charge in [0.15, 0.2) is 5.03 Å². The summed E-state index contributed by atoms with van der Waals surface area (Å²) in [6.45, 7) is 2.08. The van der Waals surface area contributed by atoms with Crippen molar-refractivity contribution < 1.29 is 8.42 Å². The molecule has 96 valence electrons. The smallest absolute Gasteiger partial charge is 0.265 e. The molecule has 0 radical (unpaired) electrons. The first-order valence-corrected chi connectivity index (χ1v) is 6.79. The Bertz CT molecular complexity index is 623. The molecular weight excluding hydrogens is 254 g/mol. The number of hydrogen-bond acceptors (Lipinski definition) is 5. The third-order valence-electron chi connectivity index (χ3n) is 2.47. The van der Waals surface area contributed by atoms with Crippen molar-refractivity contribution in [1.29, 1.82) is 0 Å². The number of hydrogen-bond donors (Lipinski definition) is 0. The van der Waals surface area contributed by atoms with Crippen LogP contribution in [0.15, 0.2) is 35.7 Å². The molecule has 2 rings (SSSR count). The Hall–Kier alpha value is -1.96. The number of pyridine rings is 1. The SMILES string of the molecule is CCN(c1ccncc1)S(=O)(=O)c1cnnn1C. The molecule has 0 aromatic carbocycles. The van der Waals surface area contributed by atoms with Gasteiger partial charge in [0.05, 0.1) is 11.9 Å². The maximum Gasteiger partial charge on any atom is 0.283 e. The summed E-state index contributed by atoms with van der Waals surface area (Å²) >= 11 is 0. The third-order valence-corrected chi connectivity index (χ3v) is 4.41. The van der Waals surface area contributed by atoms with Crippen molar-refractivity contribution >= 4 is 15.7 Å². The molecule has 2 aromatic rings. The molecule has 0 unspecified atom stereocenters. The molecule has 0 bridgehead atoms. The average molecular weight is 267 g/mol. The van der Waals surface area contributed by atoms with E-state index in [1.54, 1.807) is 38.5 Å². The molecular formula is C10H13N5O2S. The van der Waals surface area contributed by atoms with E-state index in [0.717, 1.165) is 0 Å². The van der Waals surface area contributed by atoms with E-state index in [-0.39, 0.29) is 5.03 Å². The summed E-state index contributed by atoms with van der Waals surface area (Å²) in [5.41, 5.74) is 0.564. The van der Waals surface area contributed by atoms with Crippen LogP contribution >= 0.6 is 0 Å². The molecule has 0 N–H and O–H groups in total. The highest BCUT2D eigenvalue weighted by atomic mass is 32.2. The Morgan fingerprint density at radius 2 is 2.00 bits per heavy atom. The second kappa shape index (κ2) is 4.73. The van der Waals surface area contributed by atoms with Gasteiger partial charge in [-0.1, -0.05) is 5.21 Å². The maximum absolute atomic E-state index is 12.5. The summed E-state index contributed by atoms with van der Waals surface area (Å²) in [6, 6.07) is 3.29. The van der Waals surface area contributed by atoms with Gasteiger partial charge in [0, 0.05) is 26.0 Å². The maximum atomic E-state index is 12.5. The molecule has 2 aromatic heterocycles. The molecule has 0 saturated heterocycles. The monoisotopic (exact) mass is 267 g/mol. The predicted molar refractivity (Wildman–Crippen MR) is 65.4 cm³/mol. The first-order chi connectivity index (χ1) is 8.57. The van der Waals surface area contributed by atoms with E-state index in [0.29, 0.717) is 12.2 Å². The second-order valence-electron chi connectivity index (χ2n) is 3.57. The molecule has 2 heterocycles. The van der Waals surface area contributed by atoms with Crippen LogP contribution in [0.4, 0.5) is 5.69 Å². The summed E-state index contributed by atoms with van der Waals surface area (Å²) in [5, 5.41) is 7.29. The van der Waals surface area contributed by atoms with Gasteiger partial charge in [-0.2, -0.15) is 8.42 Å². The minimum Gasteiger partial charge on any atom is -0.265 e. The minimum absolute atomic E-state index is 0.0566. The molecule has 0 aliphatic carbocycles. The molecule has 0 fully saturated rings. The topological polar surface area (TPSA) is 81.0 Å². The van der Waals surface area contributed by atoms with Crippen LogP contribution in [0.2, 0.25) is 0 Å². The van der Waals surface area contributed by atoms with Crippen LogP contribution in [0.1, 0.15) is 6.92 Å². The van der Waals surface area contributed by atoms with Crippen LogP contribution in [0.5, 0.6) is 0 Å². The molecule has 0 atom stereocenters. The zero-order chi connectivity index (χ0) is 13.2. The van der Waals surface area contributed by atoms with Gasteiger partial charge < -0.3 is 0 Å². The second-order valence-corrected chi connectivity index (χ2v) is 5.38. The minimum atomic E-state index is -3.65. The number of sulfonamides is 1. The fraction of sp³-hybridized carbons (Fsp3) is 0.300. The largest absolute Gasteiger partial charge is 0.283 e. The molecule has 8 heteroatoms. The van der Waals surface area contributed by atoms with Gasteiger partial charge in [0.2, 0.25) is 0 Å². The summed E-state index contributed by atoms with van der Waals surface area (Å²) < 4.78 is 27.4. The normalized spacial score (nSPS) is 11.4. The van der Waals surface area contributed by atoms with Gasteiger partial charge in [-0.15, -0.1) is 5.10 Å².